The van der Waals surface area contributed by atoms with Gasteiger partial charge >= 0.3 is 0 Å². The van der Waals surface area contributed by atoms with E-state index in [2.05, 4.69) is 20.3 Å². The highest BCUT2D eigenvalue weighted by atomic mass is 127. The summed E-state index contributed by atoms with van der Waals surface area (Å²) in [6, 6.07) is 14.9. The number of rotatable bonds is 9. The van der Waals surface area contributed by atoms with Gasteiger partial charge in [-0.2, -0.15) is 0 Å². The molecule has 0 atom stereocenters. The monoisotopic (exact) mass is 544 g/mol. The average Bonchev–Trinajstić information content (AvgIpc) is 3.53. The van der Waals surface area contributed by atoms with Crippen LogP contribution in [0, 0.1) is 0 Å². The molecule has 1 aliphatic rings. The maximum absolute atomic E-state index is 12.2. The minimum absolute atomic E-state index is 0. The average molecular weight is 544 g/mol. The van der Waals surface area contributed by atoms with Crippen LogP contribution in [0.25, 0.3) is 0 Å². The van der Waals surface area contributed by atoms with E-state index in [1.165, 1.54) is 0 Å². The van der Waals surface area contributed by atoms with Gasteiger partial charge in [-0.05, 0) is 43.5 Å². The summed E-state index contributed by atoms with van der Waals surface area (Å²) >= 11 is 0. The molecule has 0 aliphatic heterocycles. The van der Waals surface area contributed by atoms with Crippen molar-refractivity contribution in [2.45, 2.75) is 43.8 Å². The fraction of sp³-hybridized carbons (Fsp3) is 0.381. The molecule has 3 rings (SSSR count). The molecule has 0 heterocycles. The molecule has 0 spiro atoms. The fourth-order valence-corrected chi connectivity index (χ4v) is 4.11. The van der Waals surface area contributed by atoms with E-state index >= 15 is 0 Å². The summed E-state index contributed by atoms with van der Waals surface area (Å²) in [5, 5.41) is 6.51. The van der Waals surface area contributed by atoms with E-state index in [9.17, 15) is 8.42 Å². The van der Waals surface area contributed by atoms with Crippen LogP contribution in [0.4, 0.5) is 0 Å². The summed E-state index contributed by atoms with van der Waals surface area (Å²) in [6.45, 7) is 3.69. The van der Waals surface area contributed by atoms with Crippen molar-refractivity contribution in [1.82, 2.24) is 15.4 Å². The lowest BCUT2D eigenvalue weighted by Gasteiger charge is -2.14. The van der Waals surface area contributed by atoms with Gasteiger partial charge in [-0.25, -0.2) is 13.1 Å². The predicted octanol–water partition coefficient (Wildman–Crippen LogP) is 3.01. The lowest BCUT2D eigenvalue weighted by Crippen LogP contribution is -2.36. The first-order valence-corrected chi connectivity index (χ1v) is 11.3. The first kappa shape index (κ1) is 24.4. The van der Waals surface area contributed by atoms with E-state index in [0.717, 1.165) is 29.7 Å². The molecule has 1 saturated carbocycles. The summed E-state index contributed by atoms with van der Waals surface area (Å²) in [7, 11) is -1.70. The highest BCUT2D eigenvalue weighted by molar-refractivity contribution is 14.0. The van der Waals surface area contributed by atoms with Crippen molar-refractivity contribution >= 4 is 40.0 Å². The first-order valence-electron chi connectivity index (χ1n) is 9.78. The smallest absolute Gasteiger partial charge is 0.240 e. The lowest BCUT2D eigenvalue weighted by molar-refractivity contribution is 0.336. The molecule has 0 bridgehead atoms. The quantitative estimate of drug-likeness (QED) is 0.257. The van der Waals surface area contributed by atoms with Gasteiger partial charge in [-0.15, -0.1) is 24.0 Å². The highest BCUT2D eigenvalue weighted by Gasteiger charge is 2.27. The van der Waals surface area contributed by atoms with Gasteiger partial charge in [0.1, 0.15) is 5.75 Å². The topological polar surface area (TPSA) is 91.8 Å². The molecule has 0 aromatic heterocycles. The molecule has 7 nitrogen and oxygen atoms in total. The van der Waals surface area contributed by atoms with Crippen molar-refractivity contribution in [3.63, 3.8) is 0 Å². The van der Waals surface area contributed by atoms with Gasteiger partial charge in [0.05, 0.1) is 11.5 Å². The van der Waals surface area contributed by atoms with Gasteiger partial charge in [0, 0.05) is 31.7 Å². The standard InChI is InChI=1S/C21H28N4O3S.HI/c1-3-28-20-7-5-4-6-17(20)15-24-21(22-2)23-14-16-8-12-19(13-9-16)29(26,27)25-18-10-11-18;/h4-9,12-13,18,25H,3,10-11,14-15H2,1-2H3,(H2,22,23,24);1H. The highest BCUT2D eigenvalue weighted by Crippen LogP contribution is 2.22. The summed E-state index contributed by atoms with van der Waals surface area (Å²) in [5.74, 6) is 1.51. The van der Waals surface area contributed by atoms with E-state index in [1.807, 2.05) is 43.3 Å². The molecule has 1 aliphatic carbocycles. The number of hydrogen-bond donors (Lipinski definition) is 3. The van der Waals surface area contributed by atoms with Gasteiger partial charge in [0.25, 0.3) is 0 Å². The number of halogens is 1. The second-order valence-corrected chi connectivity index (χ2v) is 8.57. The van der Waals surface area contributed by atoms with Crippen LogP contribution in [0.5, 0.6) is 5.75 Å². The van der Waals surface area contributed by atoms with Crippen LogP contribution in [-0.4, -0.2) is 34.1 Å². The molecule has 2 aromatic carbocycles. The van der Waals surface area contributed by atoms with E-state index < -0.39 is 10.0 Å². The molecule has 0 radical (unpaired) electrons. The first-order chi connectivity index (χ1) is 14.0. The minimum atomic E-state index is -3.42. The Balaban J connectivity index is 0.00000320. The third-order valence-electron chi connectivity index (χ3n) is 4.54. The number of aliphatic imine (C=N–C) groups is 1. The zero-order chi connectivity index (χ0) is 20.7. The lowest BCUT2D eigenvalue weighted by atomic mass is 10.2. The third kappa shape index (κ3) is 7.13. The van der Waals surface area contributed by atoms with E-state index in [1.54, 1.807) is 19.2 Å². The van der Waals surface area contributed by atoms with E-state index in [4.69, 9.17) is 4.74 Å². The molecule has 2 aromatic rings. The van der Waals surface area contributed by atoms with E-state index in [0.29, 0.717) is 30.6 Å². The Morgan fingerprint density at radius 1 is 1.07 bits per heavy atom. The van der Waals surface area contributed by atoms with Gasteiger partial charge in [-0.1, -0.05) is 30.3 Å². The van der Waals surface area contributed by atoms with Crippen molar-refractivity contribution in [3.05, 3.63) is 59.7 Å². The Morgan fingerprint density at radius 2 is 1.73 bits per heavy atom. The molecule has 3 N–H and O–H groups in total. The number of sulfonamides is 1. The Kier molecular flexibility index (Phi) is 9.37. The molecule has 0 amide bonds. The molecule has 0 unspecified atom stereocenters. The Labute approximate surface area is 195 Å². The number of nitrogens with one attached hydrogen (secondary N) is 3. The maximum atomic E-state index is 12.2. The number of benzene rings is 2. The normalized spacial score (nSPS) is 14.0. The van der Waals surface area contributed by atoms with Crippen LogP contribution in [0.3, 0.4) is 0 Å². The number of para-hydroxylation sites is 1. The Hall–Kier alpha value is -1.85. The molecule has 30 heavy (non-hydrogen) atoms. The molecule has 164 valence electrons. The molecule has 0 saturated heterocycles. The van der Waals surface area contributed by atoms with Gasteiger partial charge in [0.15, 0.2) is 5.96 Å². The van der Waals surface area contributed by atoms with Crippen LogP contribution in [0.15, 0.2) is 58.4 Å². The van der Waals surface area contributed by atoms with Crippen LogP contribution >= 0.6 is 24.0 Å². The Morgan fingerprint density at radius 3 is 2.37 bits per heavy atom. The van der Waals surface area contributed by atoms with Crippen molar-refractivity contribution < 1.29 is 13.2 Å². The Bertz CT molecular complexity index is 945. The second kappa shape index (κ2) is 11.5. The van der Waals surface area contributed by atoms with E-state index in [-0.39, 0.29) is 30.0 Å². The zero-order valence-corrected chi connectivity index (χ0v) is 20.4. The minimum Gasteiger partial charge on any atom is -0.494 e. The largest absolute Gasteiger partial charge is 0.494 e. The zero-order valence-electron chi connectivity index (χ0n) is 17.2. The summed E-state index contributed by atoms with van der Waals surface area (Å²) in [6.07, 6.45) is 1.84. The van der Waals surface area contributed by atoms with Crippen molar-refractivity contribution in [1.29, 1.82) is 0 Å². The van der Waals surface area contributed by atoms with Crippen LogP contribution in [0.2, 0.25) is 0 Å². The fourth-order valence-electron chi connectivity index (χ4n) is 2.81. The van der Waals surface area contributed by atoms with Gasteiger partial charge < -0.3 is 15.4 Å². The number of ether oxygens (including phenoxy) is 1. The van der Waals surface area contributed by atoms with Crippen LogP contribution < -0.4 is 20.1 Å². The van der Waals surface area contributed by atoms with Crippen molar-refractivity contribution in [3.8, 4) is 5.75 Å². The van der Waals surface area contributed by atoms with Gasteiger partial charge in [-0.3, -0.25) is 4.99 Å². The second-order valence-electron chi connectivity index (χ2n) is 6.86. The number of guanidine groups is 1. The number of nitrogens with zero attached hydrogens (tertiary/aromatic N) is 1. The van der Waals surface area contributed by atoms with Crippen LogP contribution in [-0.2, 0) is 23.1 Å². The maximum Gasteiger partial charge on any atom is 0.240 e. The van der Waals surface area contributed by atoms with Crippen molar-refractivity contribution in [2.24, 2.45) is 4.99 Å². The number of hydrogen-bond acceptors (Lipinski definition) is 4. The molecule has 9 heteroatoms. The summed E-state index contributed by atoms with van der Waals surface area (Å²) < 4.78 is 32.8. The summed E-state index contributed by atoms with van der Waals surface area (Å²) in [5.41, 5.74) is 2.02. The predicted molar refractivity (Wildman–Crippen MR) is 130 cm³/mol. The summed E-state index contributed by atoms with van der Waals surface area (Å²) in [4.78, 5) is 4.53. The molecule has 1 fully saturated rings. The SMILES string of the molecule is CCOc1ccccc1CNC(=NC)NCc1ccc(S(=O)(=O)NC2CC2)cc1.I. The molecular formula is C21H29IN4O3S. The van der Waals surface area contributed by atoms with Crippen LogP contribution in [0.1, 0.15) is 30.9 Å². The third-order valence-corrected chi connectivity index (χ3v) is 6.07. The van der Waals surface area contributed by atoms with Gasteiger partial charge in [0.2, 0.25) is 10.0 Å². The van der Waals surface area contributed by atoms with Crippen molar-refractivity contribution in [2.75, 3.05) is 13.7 Å². The molecular weight excluding hydrogens is 515 g/mol.